The molecule has 0 bridgehead atoms. The average molecular weight is 336 g/mol. The fourth-order valence-electron chi connectivity index (χ4n) is 3.18. The number of hydrogen-bond acceptors (Lipinski definition) is 5. The molecule has 1 atom stereocenters. The van der Waals surface area contributed by atoms with Crippen molar-refractivity contribution in [1.82, 2.24) is 19.4 Å². The summed E-state index contributed by atoms with van der Waals surface area (Å²) >= 11 is 0. The first-order chi connectivity index (χ1) is 11.3. The maximum atomic E-state index is 12.5. The van der Waals surface area contributed by atoms with Crippen LogP contribution in [0.3, 0.4) is 0 Å². The molecule has 0 aromatic carbocycles. The van der Waals surface area contributed by atoms with Gasteiger partial charge in [0, 0.05) is 25.4 Å². The zero-order valence-electron chi connectivity index (χ0n) is 13.7. The van der Waals surface area contributed by atoms with Crippen LogP contribution in [0.2, 0.25) is 0 Å². The Hall–Kier alpha value is -2.42. The Bertz CT molecular complexity index is 798. The second-order valence-corrected chi connectivity index (χ2v) is 6.49. The van der Waals surface area contributed by atoms with Gasteiger partial charge in [-0.25, -0.2) is 4.79 Å². The van der Waals surface area contributed by atoms with E-state index < -0.39 is 16.9 Å². The maximum Gasteiger partial charge on any atom is 0.328 e. The number of ether oxygens (including phenoxy) is 1. The molecule has 2 amide bonds. The van der Waals surface area contributed by atoms with Crippen molar-refractivity contribution in [3.05, 3.63) is 32.6 Å². The van der Waals surface area contributed by atoms with Crippen LogP contribution < -0.4 is 11.2 Å². The summed E-state index contributed by atoms with van der Waals surface area (Å²) in [5, 5.41) is 0. The van der Waals surface area contributed by atoms with Crippen LogP contribution in [0.1, 0.15) is 12.0 Å². The van der Waals surface area contributed by atoms with Gasteiger partial charge in [-0.05, 0) is 13.3 Å². The van der Waals surface area contributed by atoms with Crippen molar-refractivity contribution in [2.75, 3.05) is 33.3 Å². The molecule has 2 aliphatic rings. The molecule has 24 heavy (non-hydrogen) atoms. The van der Waals surface area contributed by atoms with Crippen molar-refractivity contribution in [3.8, 4) is 0 Å². The molecule has 0 saturated carbocycles. The number of hydrogen-bond donors (Lipinski definition) is 1. The van der Waals surface area contributed by atoms with Gasteiger partial charge in [-0.1, -0.05) is 0 Å². The van der Waals surface area contributed by atoms with Gasteiger partial charge in [0.05, 0.1) is 13.1 Å². The molecule has 1 spiro atoms. The fraction of sp³-hybridized carbons (Fsp3) is 0.600. The number of rotatable bonds is 2. The lowest BCUT2D eigenvalue weighted by molar-refractivity contribution is -0.159. The van der Waals surface area contributed by atoms with Crippen LogP contribution in [0.5, 0.6) is 0 Å². The number of nitrogens with zero attached hydrogens (tertiary/aromatic N) is 3. The summed E-state index contributed by atoms with van der Waals surface area (Å²) in [5.74, 6) is -0.288. The highest BCUT2D eigenvalue weighted by atomic mass is 16.5. The largest absolute Gasteiger partial charge is 0.361 e. The quantitative estimate of drug-likeness (QED) is 0.693. The Labute approximate surface area is 137 Å². The summed E-state index contributed by atoms with van der Waals surface area (Å²) < 4.78 is 6.89. The van der Waals surface area contributed by atoms with Crippen molar-refractivity contribution in [2.45, 2.75) is 25.5 Å². The normalized spacial score (nSPS) is 24.0. The molecule has 3 rings (SSSR count). The number of likely N-dealkylation sites (N-methyl/N-ethyl adjacent to an activating group) is 1. The molecular weight excluding hydrogens is 316 g/mol. The predicted octanol–water partition coefficient (Wildman–Crippen LogP) is -1.70. The highest BCUT2D eigenvalue weighted by Crippen LogP contribution is 2.29. The zero-order chi connectivity index (χ0) is 17.5. The van der Waals surface area contributed by atoms with Crippen molar-refractivity contribution >= 4 is 11.8 Å². The monoisotopic (exact) mass is 336 g/mol. The van der Waals surface area contributed by atoms with Gasteiger partial charge in [0.25, 0.3) is 5.56 Å². The molecule has 9 heteroatoms. The molecule has 0 radical (unpaired) electrons. The first-order valence-electron chi connectivity index (χ1n) is 7.76. The number of morpholine rings is 1. The lowest BCUT2D eigenvalue weighted by atomic mass is 10.0. The van der Waals surface area contributed by atoms with E-state index in [1.165, 1.54) is 10.8 Å². The van der Waals surface area contributed by atoms with Crippen molar-refractivity contribution in [1.29, 1.82) is 0 Å². The molecule has 130 valence electrons. The Balaban J connectivity index is 1.69. The fourth-order valence-corrected chi connectivity index (χ4v) is 3.18. The number of carbonyl (C=O) groups excluding carboxylic acids is 2. The number of aryl methyl sites for hydroxylation is 1. The van der Waals surface area contributed by atoms with E-state index in [1.54, 1.807) is 23.8 Å². The number of nitrogens with one attached hydrogen (secondary N) is 1. The van der Waals surface area contributed by atoms with Crippen LogP contribution >= 0.6 is 0 Å². The first-order valence-corrected chi connectivity index (χ1v) is 7.76. The average Bonchev–Trinajstić information content (AvgIpc) is 2.93. The minimum Gasteiger partial charge on any atom is -0.361 e. The summed E-state index contributed by atoms with van der Waals surface area (Å²) in [6.07, 6.45) is 2.03. The molecule has 0 aliphatic carbocycles. The van der Waals surface area contributed by atoms with Gasteiger partial charge in [-0.2, -0.15) is 0 Å². The molecule has 2 fully saturated rings. The molecule has 3 heterocycles. The van der Waals surface area contributed by atoms with Gasteiger partial charge in [0.15, 0.2) is 0 Å². The number of H-pyrrole nitrogens is 1. The Morgan fingerprint density at radius 1 is 1.33 bits per heavy atom. The molecule has 1 aromatic rings. The predicted molar refractivity (Wildman–Crippen MR) is 83.6 cm³/mol. The SMILES string of the molecule is Cc1cn(CC(=O)N2CCC3(CN(C)C(=O)CO3)C2)c(=O)[nH]c1=O. The van der Waals surface area contributed by atoms with E-state index in [-0.39, 0.29) is 25.0 Å². The third-order valence-corrected chi connectivity index (χ3v) is 4.62. The number of aromatic amines is 1. The van der Waals surface area contributed by atoms with Crippen LogP contribution in [0.15, 0.2) is 15.8 Å². The second-order valence-electron chi connectivity index (χ2n) is 6.49. The number of likely N-dealkylation sites (tertiary alicyclic amines) is 1. The summed E-state index contributed by atoms with van der Waals surface area (Å²) in [4.78, 5) is 52.6. The highest BCUT2D eigenvalue weighted by molar-refractivity contribution is 5.78. The van der Waals surface area contributed by atoms with E-state index in [0.29, 0.717) is 31.6 Å². The number of aromatic nitrogens is 2. The van der Waals surface area contributed by atoms with E-state index >= 15 is 0 Å². The molecule has 1 N–H and O–H groups in total. The first kappa shape index (κ1) is 16.4. The second kappa shape index (κ2) is 5.90. The minimum atomic E-state index is -0.605. The summed E-state index contributed by atoms with van der Waals surface area (Å²) in [6.45, 7) is 2.82. The van der Waals surface area contributed by atoms with Crippen molar-refractivity contribution in [2.24, 2.45) is 0 Å². The molecule has 2 saturated heterocycles. The van der Waals surface area contributed by atoms with E-state index in [2.05, 4.69) is 4.98 Å². The van der Waals surface area contributed by atoms with Crippen LogP contribution in [0.25, 0.3) is 0 Å². The summed E-state index contributed by atoms with van der Waals surface area (Å²) in [6, 6.07) is 0. The van der Waals surface area contributed by atoms with E-state index in [9.17, 15) is 19.2 Å². The zero-order valence-corrected chi connectivity index (χ0v) is 13.7. The molecule has 2 aliphatic heterocycles. The van der Waals surface area contributed by atoms with Crippen molar-refractivity contribution < 1.29 is 14.3 Å². The van der Waals surface area contributed by atoms with Crippen LogP contribution in [0.4, 0.5) is 0 Å². The molecular formula is C15H20N4O5. The third-order valence-electron chi connectivity index (χ3n) is 4.62. The molecule has 1 aromatic heterocycles. The Kier molecular flexibility index (Phi) is 4.04. The minimum absolute atomic E-state index is 0.0249. The molecule has 1 unspecified atom stereocenters. The van der Waals surface area contributed by atoms with Gasteiger partial charge in [-0.15, -0.1) is 0 Å². The van der Waals surface area contributed by atoms with E-state index in [0.717, 1.165) is 0 Å². The van der Waals surface area contributed by atoms with Crippen LogP contribution in [-0.4, -0.2) is 70.1 Å². The van der Waals surface area contributed by atoms with Crippen LogP contribution in [0, 0.1) is 6.92 Å². The molecule has 9 nitrogen and oxygen atoms in total. The smallest absolute Gasteiger partial charge is 0.328 e. The summed E-state index contributed by atoms with van der Waals surface area (Å²) in [7, 11) is 1.72. The standard InChI is InChI=1S/C15H20N4O5/c1-10-5-19(14(23)16-13(10)22)6-11(20)18-4-3-15(9-18)8-17(2)12(21)7-24-15/h5H,3-4,6-9H2,1-2H3,(H,16,22,23). The van der Waals surface area contributed by atoms with E-state index in [4.69, 9.17) is 4.74 Å². The lowest BCUT2D eigenvalue weighted by Crippen LogP contribution is -2.54. The van der Waals surface area contributed by atoms with Crippen molar-refractivity contribution in [3.63, 3.8) is 0 Å². The van der Waals surface area contributed by atoms with Crippen LogP contribution in [-0.2, 0) is 20.9 Å². The van der Waals surface area contributed by atoms with E-state index in [1.807, 2.05) is 0 Å². The topological polar surface area (TPSA) is 105 Å². The third kappa shape index (κ3) is 2.99. The lowest BCUT2D eigenvalue weighted by Gasteiger charge is -2.38. The maximum absolute atomic E-state index is 12.5. The summed E-state index contributed by atoms with van der Waals surface area (Å²) in [5.41, 5.74) is -1.21. The number of amides is 2. The Morgan fingerprint density at radius 3 is 2.79 bits per heavy atom. The van der Waals surface area contributed by atoms with Gasteiger partial charge in [0.1, 0.15) is 18.8 Å². The highest BCUT2D eigenvalue weighted by Gasteiger charge is 2.45. The van der Waals surface area contributed by atoms with Gasteiger partial charge in [-0.3, -0.25) is 23.9 Å². The van der Waals surface area contributed by atoms with Gasteiger partial charge < -0.3 is 14.5 Å². The van der Waals surface area contributed by atoms with Gasteiger partial charge in [0.2, 0.25) is 11.8 Å². The number of carbonyl (C=O) groups is 2. The Morgan fingerprint density at radius 2 is 2.08 bits per heavy atom. The van der Waals surface area contributed by atoms with Gasteiger partial charge >= 0.3 is 5.69 Å².